The molecule has 1 aliphatic rings. The Balaban J connectivity index is 2.52. The molecule has 0 saturated carbocycles. The van der Waals surface area contributed by atoms with E-state index in [-0.39, 0.29) is 5.56 Å². The van der Waals surface area contributed by atoms with Crippen molar-refractivity contribution in [2.24, 2.45) is 5.10 Å². The first-order valence-electron chi connectivity index (χ1n) is 6.69. The van der Waals surface area contributed by atoms with Gasteiger partial charge in [-0.3, -0.25) is 0 Å². The average molecular weight is 311 g/mol. The fourth-order valence-corrected chi connectivity index (χ4v) is 2.22. The molecule has 1 aromatic rings. The van der Waals surface area contributed by atoms with Gasteiger partial charge in [0.2, 0.25) is 0 Å². The summed E-state index contributed by atoms with van der Waals surface area (Å²) in [6, 6.07) is 3.09. The minimum absolute atomic E-state index is 0.109. The van der Waals surface area contributed by atoms with Crippen LogP contribution in [0.3, 0.4) is 0 Å². The van der Waals surface area contributed by atoms with E-state index in [4.69, 9.17) is 0 Å². The lowest BCUT2D eigenvalue weighted by Crippen LogP contribution is -2.48. The third-order valence-corrected chi connectivity index (χ3v) is 3.13. The average Bonchev–Trinajstić information content (AvgIpc) is 2.37. The maximum absolute atomic E-state index is 13.3. The first-order valence-corrected chi connectivity index (χ1v) is 6.69. The van der Waals surface area contributed by atoms with Gasteiger partial charge in [-0.1, -0.05) is 23.8 Å². The van der Waals surface area contributed by atoms with E-state index < -0.39 is 23.8 Å². The van der Waals surface area contributed by atoms with Gasteiger partial charge in [0.15, 0.2) is 0 Å². The number of alkyl halides is 3. The van der Waals surface area contributed by atoms with Crippen molar-refractivity contribution in [1.29, 1.82) is 0 Å². The summed E-state index contributed by atoms with van der Waals surface area (Å²) < 4.78 is 39.8. The molecule has 7 heteroatoms. The zero-order chi connectivity index (χ0) is 16.5. The van der Waals surface area contributed by atoms with Crippen molar-refractivity contribution in [3.63, 3.8) is 0 Å². The molecule has 0 aromatic heterocycles. The summed E-state index contributed by atoms with van der Waals surface area (Å²) in [4.78, 5) is 11.1. The molecule has 4 nitrogen and oxygen atoms in total. The molecule has 0 fully saturated rings. The molecule has 1 aliphatic heterocycles. The zero-order valence-electron chi connectivity index (χ0n) is 12.4. The molecule has 118 valence electrons. The Morgan fingerprint density at radius 3 is 2.55 bits per heavy atom. The molecule has 0 aliphatic carbocycles. The summed E-state index contributed by atoms with van der Waals surface area (Å²) in [7, 11) is 0. The maximum Gasteiger partial charge on any atom is 0.417 e. The molecule has 22 heavy (non-hydrogen) atoms. The highest BCUT2D eigenvalue weighted by Gasteiger charge is 2.34. The first-order chi connectivity index (χ1) is 10.2. The van der Waals surface area contributed by atoms with Crippen molar-refractivity contribution in [2.45, 2.75) is 33.0 Å². The lowest BCUT2D eigenvalue weighted by molar-refractivity contribution is -0.137. The van der Waals surface area contributed by atoms with Gasteiger partial charge in [0.05, 0.1) is 17.3 Å². The second kappa shape index (κ2) is 5.82. The third kappa shape index (κ3) is 3.47. The number of rotatable bonds is 2. The Kier molecular flexibility index (Phi) is 4.25. The van der Waals surface area contributed by atoms with Crippen molar-refractivity contribution >= 4 is 17.8 Å². The Morgan fingerprint density at radius 1 is 1.32 bits per heavy atom. The highest BCUT2D eigenvalue weighted by molar-refractivity contribution is 6.07. The number of halogens is 3. The van der Waals surface area contributed by atoms with E-state index in [1.807, 2.05) is 0 Å². The second-order valence-corrected chi connectivity index (χ2v) is 5.33. The van der Waals surface area contributed by atoms with Crippen LogP contribution in [0.2, 0.25) is 0 Å². The summed E-state index contributed by atoms with van der Waals surface area (Å²) in [6.07, 6.45) is -2.98. The number of hydrogen-bond acceptors (Lipinski definition) is 2. The van der Waals surface area contributed by atoms with Crippen molar-refractivity contribution < 1.29 is 18.0 Å². The number of hydrazone groups is 1. The monoisotopic (exact) mass is 311 g/mol. The van der Waals surface area contributed by atoms with Gasteiger partial charge >= 0.3 is 12.2 Å². The van der Waals surface area contributed by atoms with Crippen molar-refractivity contribution in [3.8, 4) is 0 Å². The van der Waals surface area contributed by atoms with Crippen LogP contribution in [-0.4, -0.2) is 17.8 Å². The smallest absolute Gasteiger partial charge is 0.328 e. The Morgan fingerprint density at radius 2 is 2.00 bits per heavy atom. The fraction of sp³-hybridized carbons (Fsp3) is 0.333. The molecular formula is C15H16F3N3O. The van der Waals surface area contributed by atoms with E-state index in [1.165, 1.54) is 12.1 Å². The third-order valence-electron chi connectivity index (χ3n) is 3.13. The van der Waals surface area contributed by atoms with Crippen LogP contribution in [0.25, 0.3) is 6.08 Å². The summed E-state index contributed by atoms with van der Waals surface area (Å²) in [5, 5.41) is 6.41. The molecule has 0 radical (unpaired) electrons. The summed E-state index contributed by atoms with van der Waals surface area (Å²) in [6.45, 7) is 5.14. The van der Waals surface area contributed by atoms with Crippen LogP contribution in [-0.2, 0) is 6.18 Å². The van der Waals surface area contributed by atoms with E-state index in [1.54, 1.807) is 26.8 Å². The van der Waals surface area contributed by atoms with Crippen LogP contribution in [0.5, 0.6) is 0 Å². The van der Waals surface area contributed by atoms with Crippen molar-refractivity contribution in [3.05, 3.63) is 40.5 Å². The molecule has 2 N–H and O–H groups in total. The largest absolute Gasteiger partial charge is 0.417 e. The predicted molar refractivity (Wildman–Crippen MR) is 78.4 cm³/mol. The molecule has 1 aromatic carbocycles. The van der Waals surface area contributed by atoms with Gasteiger partial charge < -0.3 is 5.32 Å². The van der Waals surface area contributed by atoms with Gasteiger partial charge in [-0.15, -0.1) is 0 Å². The number of hydrogen-bond donors (Lipinski definition) is 2. The fourth-order valence-electron chi connectivity index (χ4n) is 2.22. The van der Waals surface area contributed by atoms with Gasteiger partial charge in [-0.05, 0) is 32.4 Å². The molecule has 0 bridgehead atoms. The Labute approximate surface area is 126 Å². The number of carbonyl (C=O) groups is 1. The van der Waals surface area contributed by atoms with Gasteiger partial charge in [0.25, 0.3) is 0 Å². The lowest BCUT2D eigenvalue weighted by atomic mass is 9.97. The topological polar surface area (TPSA) is 53.5 Å². The van der Waals surface area contributed by atoms with E-state index in [2.05, 4.69) is 15.8 Å². The zero-order valence-corrected chi connectivity index (χ0v) is 12.4. The number of amides is 2. The molecule has 0 spiro atoms. The summed E-state index contributed by atoms with van der Waals surface area (Å²) >= 11 is 0. The highest BCUT2D eigenvalue weighted by Crippen LogP contribution is 2.34. The minimum Gasteiger partial charge on any atom is -0.328 e. The van der Waals surface area contributed by atoms with Crippen LogP contribution in [0.1, 0.15) is 37.5 Å². The summed E-state index contributed by atoms with van der Waals surface area (Å²) in [5.74, 6) is 0. The van der Waals surface area contributed by atoms with Crippen LogP contribution < -0.4 is 10.7 Å². The highest BCUT2D eigenvalue weighted by atomic mass is 19.4. The van der Waals surface area contributed by atoms with Gasteiger partial charge in [-0.2, -0.15) is 18.3 Å². The molecule has 0 saturated heterocycles. The maximum atomic E-state index is 13.3. The molecular weight excluding hydrogens is 295 g/mol. The number of urea groups is 1. The Hall–Kier alpha value is -2.31. The van der Waals surface area contributed by atoms with Crippen molar-refractivity contribution in [2.75, 3.05) is 0 Å². The molecule has 1 heterocycles. The van der Waals surface area contributed by atoms with E-state index in [9.17, 15) is 18.0 Å². The van der Waals surface area contributed by atoms with Crippen LogP contribution in [0.15, 0.2) is 28.9 Å². The molecule has 2 amide bonds. The van der Waals surface area contributed by atoms with E-state index >= 15 is 0 Å². The number of nitrogens with one attached hydrogen (secondary N) is 2. The molecule has 1 atom stereocenters. The normalized spacial score (nSPS) is 18.2. The van der Waals surface area contributed by atoms with Crippen LogP contribution in [0, 0.1) is 0 Å². The quantitative estimate of drug-likeness (QED) is 0.862. The predicted octanol–water partition coefficient (Wildman–Crippen LogP) is 3.53. The van der Waals surface area contributed by atoms with Crippen LogP contribution in [0.4, 0.5) is 18.0 Å². The SMILES string of the molecule is CC(C)=Cc1ccc(C2=NNC(=O)N[C@H]2C)cc1C(F)(F)F. The second-order valence-electron chi connectivity index (χ2n) is 5.33. The van der Waals surface area contributed by atoms with E-state index in [0.717, 1.165) is 11.6 Å². The first kappa shape index (κ1) is 16.1. The van der Waals surface area contributed by atoms with Gasteiger partial charge in [-0.25, -0.2) is 10.2 Å². The minimum atomic E-state index is -4.47. The van der Waals surface area contributed by atoms with E-state index in [0.29, 0.717) is 11.3 Å². The number of allylic oxidation sites excluding steroid dienone is 1. The lowest BCUT2D eigenvalue weighted by Gasteiger charge is -2.22. The number of nitrogens with zero attached hydrogens (tertiary/aromatic N) is 1. The molecule has 2 rings (SSSR count). The number of carbonyl (C=O) groups excluding carboxylic acids is 1. The van der Waals surface area contributed by atoms with Gasteiger partial charge in [0.1, 0.15) is 0 Å². The number of benzene rings is 1. The van der Waals surface area contributed by atoms with Crippen LogP contribution >= 0.6 is 0 Å². The van der Waals surface area contributed by atoms with Gasteiger partial charge in [0, 0.05) is 5.56 Å². The summed E-state index contributed by atoms with van der Waals surface area (Å²) in [5.41, 5.74) is 3.04. The van der Waals surface area contributed by atoms with Crippen molar-refractivity contribution in [1.82, 2.24) is 10.7 Å². The standard InChI is InChI=1S/C15H16F3N3O/c1-8(2)6-10-4-5-11(7-12(10)15(16,17)18)13-9(3)19-14(22)21-20-13/h4-7,9H,1-3H3,(H2,19,21,22)/t9-/m0/s1. The Bertz CT molecular complexity index is 658. The molecule has 0 unspecified atom stereocenters.